The molecule has 4 aromatic carbocycles. The molecule has 4 aromatic rings. The highest BCUT2D eigenvalue weighted by molar-refractivity contribution is 7.95. The number of ether oxygens (including phenoxy) is 1. The Bertz CT molecular complexity index is 1520. The molecule has 0 unspecified atom stereocenters. The molecule has 1 heterocycles. The van der Waals surface area contributed by atoms with E-state index in [4.69, 9.17) is 4.74 Å². The summed E-state index contributed by atoms with van der Waals surface area (Å²) in [6.45, 7) is 3.88. The Morgan fingerprint density at radius 1 is 0.694 bits per heavy atom. The van der Waals surface area contributed by atoms with Gasteiger partial charge in [0.15, 0.2) is 6.10 Å². The number of rotatable bonds is 6. The molecule has 0 aliphatic carbocycles. The Kier molecular flexibility index (Phi) is 6.33. The summed E-state index contributed by atoms with van der Waals surface area (Å²) in [7, 11) is -4.01. The Balaban J connectivity index is 1.76. The second-order valence-corrected chi connectivity index (χ2v) is 11.0. The second kappa shape index (κ2) is 9.59. The topological polar surface area (TPSA) is 60.4 Å². The van der Waals surface area contributed by atoms with Crippen LogP contribution in [0.4, 0.5) is 0 Å². The van der Waals surface area contributed by atoms with Crippen molar-refractivity contribution in [3.8, 4) is 0 Å². The molecule has 0 amide bonds. The zero-order valence-corrected chi connectivity index (χ0v) is 20.9. The van der Waals surface area contributed by atoms with E-state index in [2.05, 4.69) is 0 Å². The average molecular weight is 495 g/mol. The molecule has 0 aromatic heterocycles. The minimum absolute atomic E-state index is 0.107. The molecule has 0 bridgehead atoms. The minimum atomic E-state index is -4.01. The molecule has 0 fully saturated rings. The van der Waals surface area contributed by atoms with Crippen molar-refractivity contribution in [2.24, 2.45) is 0 Å². The lowest BCUT2D eigenvalue weighted by molar-refractivity contribution is 0.0754. The normalized spacial score (nSPS) is 17.6. The number of benzene rings is 4. The predicted molar refractivity (Wildman–Crippen MR) is 141 cm³/mol. The van der Waals surface area contributed by atoms with Crippen LogP contribution in [0.3, 0.4) is 0 Å². The second-order valence-electron chi connectivity index (χ2n) is 9.03. The van der Waals surface area contributed by atoms with Gasteiger partial charge in [0, 0.05) is 11.1 Å². The van der Waals surface area contributed by atoms with Gasteiger partial charge in [0.05, 0.1) is 10.8 Å². The molecule has 0 saturated heterocycles. The number of hydrogen-bond donors (Lipinski definition) is 0. The predicted octanol–water partition coefficient (Wildman–Crippen LogP) is 6.51. The average Bonchev–Trinajstić information content (AvgIpc) is 3.31. The number of carbonyl (C=O) groups is 1. The van der Waals surface area contributed by atoms with Crippen LogP contribution in [-0.2, 0) is 14.6 Å². The van der Waals surface area contributed by atoms with E-state index in [1.54, 1.807) is 48.5 Å². The summed E-state index contributed by atoms with van der Waals surface area (Å²) in [4.78, 5) is 14.1. The maximum absolute atomic E-state index is 14.2. The summed E-state index contributed by atoms with van der Waals surface area (Å²) in [5.41, 5.74) is 3.80. The first-order chi connectivity index (χ1) is 17.4. The fraction of sp³-hybridized carbons (Fsp3) is 0.129. The largest absolute Gasteiger partial charge is 0.480 e. The van der Waals surface area contributed by atoms with E-state index in [0.29, 0.717) is 16.7 Å². The van der Waals surface area contributed by atoms with Gasteiger partial charge in [-0.1, -0.05) is 108 Å². The van der Waals surface area contributed by atoms with E-state index in [1.807, 2.05) is 74.5 Å². The molecule has 36 heavy (non-hydrogen) atoms. The molecule has 1 aliphatic rings. The highest BCUT2D eigenvalue weighted by Crippen LogP contribution is 2.48. The van der Waals surface area contributed by atoms with Crippen molar-refractivity contribution >= 4 is 21.4 Å². The Hall–Kier alpha value is -3.96. The number of Topliss-reactive ketones (excluding diaryl/α,β-unsaturated/α-hetero) is 1. The Labute approximate surface area is 211 Å². The third-order valence-corrected chi connectivity index (χ3v) is 8.37. The lowest BCUT2D eigenvalue weighted by Gasteiger charge is -2.21. The van der Waals surface area contributed by atoms with Crippen LogP contribution >= 0.6 is 0 Å². The van der Waals surface area contributed by atoms with Gasteiger partial charge in [-0.05, 0) is 31.5 Å². The molecule has 5 rings (SSSR count). The molecular weight excluding hydrogens is 468 g/mol. The molecule has 0 saturated carbocycles. The van der Waals surface area contributed by atoms with Gasteiger partial charge in [0.2, 0.25) is 15.6 Å². The third kappa shape index (κ3) is 4.38. The monoisotopic (exact) mass is 494 g/mol. The van der Waals surface area contributed by atoms with Crippen LogP contribution in [0.5, 0.6) is 0 Å². The van der Waals surface area contributed by atoms with Crippen molar-refractivity contribution in [2.75, 3.05) is 0 Å². The van der Waals surface area contributed by atoms with Gasteiger partial charge >= 0.3 is 0 Å². The zero-order valence-electron chi connectivity index (χ0n) is 20.1. The Morgan fingerprint density at radius 2 is 1.22 bits per heavy atom. The summed E-state index contributed by atoms with van der Waals surface area (Å²) in [6, 6.07) is 32.4. The van der Waals surface area contributed by atoms with E-state index < -0.39 is 21.9 Å². The van der Waals surface area contributed by atoms with Gasteiger partial charge in [0.25, 0.3) is 0 Å². The van der Waals surface area contributed by atoms with E-state index in [-0.39, 0.29) is 21.3 Å². The molecule has 2 atom stereocenters. The number of ketones is 1. The lowest BCUT2D eigenvalue weighted by Crippen LogP contribution is -2.28. The summed E-state index contributed by atoms with van der Waals surface area (Å²) in [5, 5.41) is 0. The quantitative estimate of drug-likeness (QED) is 0.287. The first-order valence-corrected chi connectivity index (χ1v) is 13.3. The fourth-order valence-electron chi connectivity index (χ4n) is 4.54. The SMILES string of the molecule is Cc1ccc([C@H]2C(S(=O)(=O)c3ccc(C)cc3)=C(c3ccccc3)O[C@@H]2C(=O)c2ccccc2)cc1. The van der Waals surface area contributed by atoms with Gasteiger partial charge in [-0.2, -0.15) is 0 Å². The van der Waals surface area contributed by atoms with Crippen LogP contribution in [0.2, 0.25) is 0 Å². The van der Waals surface area contributed by atoms with Crippen molar-refractivity contribution in [1.82, 2.24) is 0 Å². The number of hydrogen-bond acceptors (Lipinski definition) is 4. The summed E-state index contributed by atoms with van der Waals surface area (Å²) in [5.74, 6) is -0.848. The van der Waals surface area contributed by atoms with Gasteiger partial charge < -0.3 is 4.74 Å². The zero-order chi connectivity index (χ0) is 25.3. The van der Waals surface area contributed by atoms with E-state index in [0.717, 1.165) is 11.1 Å². The smallest absolute Gasteiger partial charge is 0.207 e. The van der Waals surface area contributed by atoms with Crippen molar-refractivity contribution in [3.63, 3.8) is 0 Å². The fourth-order valence-corrected chi connectivity index (χ4v) is 6.29. The summed E-state index contributed by atoms with van der Waals surface area (Å²) in [6.07, 6.45) is -1.03. The molecular formula is C31H26O4S. The van der Waals surface area contributed by atoms with Crippen molar-refractivity contribution < 1.29 is 17.9 Å². The Morgan fingerprint density at radius 3 is 1.81 bits per heavy atom. The molecule has 4 nitrogen and oxygen atoms in total. The number of carbonyl (C=O) groups excluding carboxylic acids is 1. The summed E-state index contributed by atoms with van der Waals surface area (Å²) < 4.78 is 34.8. The molecule has 180 valence electrons. The van der Waals surface area contributed by atoms with Gasteiger partial charge in [-0.25, -0.2) is 8.42 Å². The maximum Gasteiger partial charge on any atom is 0.207 e. The van der Waals surface area contributed by atoms with Crippen LogP contribution in [-0.4, -0.2) is 20.3 Å². The molecule has 1 aliphatic heterocycles. The van der Waals surface area contributed by atoms with Gasteiger partial charge in [-0.3, -0.25) is 4.79 Å². The lowest BCUT2D eigenvalue weighted by atomic mass is 9.88. The van der Waals surface area contributed by atoms with Crippen molar-refractivity contribution in [3.05, 3.63) is 142 Å². The molecule has 5 heteroatoms. The van der Waals surface area contributed by atoms with E-state index >= 15 is 0 Å². The van der Waals surface area contributed by atoms with Gasteiger partial charge in [-0.15, -0.1) is 0 Å². The minimum Gasteiger partial charge on any atom is -0.480 e. The highest BCUT2D eigenvalue weighted by Gasteiger charge is 2.48. The molecule has 0 radical (unpaired) electrons. The van der Waals surface area contributed by atoms with Crippen LogP contribution < -0.4 is 0 Å². The van der Waals surface area contributed by atoms with E-state index in [9.17, 15) is 13.2 Å². The summed E-state index contributed by atoms with van der Waals surface area (Å²) >= 11 is 0. The maximum atomic E-state index is 14.2. The van der Waals surface area contributed by atoms with Crippen LogP contribution in [0.1, 0.15) is 38.5 Å². The van der Waals surface area contributed by atoms with Crippen LogP contribution in [0.15, 0.2) is 119 Å². The number of sulfone groups is 1. The van der Waals surface area contributed by atoms with Crippen molar-refractivity contribution in [2.45, 2.75) is 30.8 Å². The molecule has 0 N–H and O–H groups in total. The number of aryl methyl sites for hydroxylation is 2. The highest BCUT2D eigenvalue weighted by atomic mass is 32.2. The third-order valence-electron chi connectivity index (χ3n) is 6.46. The van der Waals surface area contributed by atoms with Gasteiger partial charge in [0.1, 0.15) is 10.7 Å². The standard InChI is InChI=1S/C31H26O4S/c1-21-13-17-23(18-14-21)27-30(28(32)24-9-5-3-6-10-24)35-29(25-11-7-4-8-12-25)31(27)36(33,34)26-19-15-22(2)16-20-26/h3-20,27,30H,1-2H3/t27-,30+/m1/s1. The van der Waals surface area contributed by atoms with Crippen molar-refractivity contribution in [1.29, 1.82) is 0 Å². The van der Waals surface area contributed by atoms with Crippen LogP contribution in [0, 0.1) is 13.8 Å². The molecule has 0 spiro atoms. The van der Waals surface area contributed by atoms with E-state index in [1.165, 1.54) is 0 Å². The van der Waals surface area contributed by atoms with Crippen LogP contribution in [0.25, 0.3) is 5.76 Å². The first kappa shape index (κ1) is 23.8. The first-order valence-electron chi connectivity index (χ1n) is 11.8.